The van der Waals surface area contributed by atoms with E-state index in [0.717, 1.165) is 32.1 Å². The molecule has 0 saturated heterocycles. The van der Waals surface area contributed by atoms with Gasteiger partial charge in [-0.2, -0.15) is 0 Å². The molecule has 0 saturated carbocycles. The number of aliphatic carboxylic acids is 1. The fourth-order valence-electron chi connectivity index (χ4n) is 3.40. The minimum Gasteiger partial charge on any atom is -0.481 e. The molecule has 0 aromatic heterocycles. The van der Waals surface area contributed by atoms with Crippen molar-refractivity contribution in [2.24, 2.45) is 0 Å². The largest absolute Gasteiger partial charge is 0.481 e. The van der Waals surface area contributed by atoms with Gasteiger partial charge < -0.3 is 9.84 Å². The van der Waals surface area contributed by atoms with Crippen molar-refractivity contribution in [2.75, 3.05) is 6.61 Å². The average Bonchev–Trinajstić information content (AvgIpc) is 2.71. The van der Waals surface area contributed by atoms with Gasteiger partial charge in [0.25, 0.3) is 0 Å². The van der Waals surface area contributed by atoms with Gasteiger partial charge in [0.2, 0.25) is 0 Å². The summed E-state index contributed by atoms with van der Waals surface area (Å²) < 4.78 is 4.75. The third kappa shape index (κ3) is 31.6. The van der Waals surface area contributed by atoms with Gasteiger partial charge in [0.1, 0.15) is 0 Å². The Kier molecular flexibility index (Phi) is 29.0. The molecule has 0 aliphatic rings. The molecule has 0 aromatic carbocycles. The second-order valence-corrected chi connectivity index (χ2v) is 8.36. The fraction of sp³-hybridized carbons (Fsp3) is 0.923. The molecular formula is C26H52O4. The number of carboxylic acid groups (broad SMARTS) is 1. The molecule has 0 spiro atoms. The first-order chi connectivity index (χ1) is 14.6. The predicted octanol–water partition coefficient (Wildman–Crippen LogP) is 8.46. The lowest BCUT2D eigenvalue weighted by Gasteiger charge is -2.03. The van der Waals surface area contributed by atoms with E-state index >= 15 is 0 Å². The topological polar surface area (TPSA) is 63.6 Å². The van der Waals surface area contributed by atoms with Gasteiger partial charge >= 0.3 is 11.9 Å². The highest BCUT2D eigenvalue weighted by molar-refractivity contribution is 5.69. The lowest BCUT2D eigenvalue weighted by atomic mass is 10.0. The van der Waals surface area contributed by atoms with Crippen LogP contribution in [0.3, 0.4) is 0 Å². The Balaban J connectivity index is 0. The van der Waals surface area contributed by atoms with Gasteiger partial charge in [-0.3, -0.25) is 9.59 Å². The second-order valence-electron chi connectivity index (χ2n) is 8.36. The number of carbonyl (C=O) groups excluding carboxylic acids is 1. The van der Waals surface area contributed by atoms with Crippen LogP contribution in [0.4, 0.5) is 0 Å². The number of hydrogen-bond acceptors (Lipinski definition) is 3. The van der Waals surface area contributed by atoms with E-state index in [-0.39, 0.29) is 5.97 Å². The Morgan fingerprint density at radius 2 is 0.867 bits per heavy atom. The molecule has 0 fully saturated rings. The van der Waals surface area contributed by atoms with Crippen molar-refractivity contribution in [2.45, 2.75) is 149 Å². The Labute approximate surface area is 187 Å². The van der Waals surface area contributed by atoms with Gasteiger partial charge in [-0.1, -0.05) is 117 Å². The molecular weight excluding hydrogens is 376 g/mol. The van der Waals surface area contributed by atoms with E-state index in [9.17, 15) is 9.59 Å². The molecule has 0 bridgehead atoms. The van der Waals surface area contributed by atoms with Crippen molar-refractivity contribution < 1.29 is 19.4 Å². The molecule has 1 N–H and O–H groups in total. The van der Waals surface area contributed by atoms with Crippen LogP contribution in [-0.2, 0) is 14.3 Å². The fourth-order valence-corrected chi connectivity index (χ4v) is 3.40. The molecule has 30 heavy (non-hydrogen) atoms. The summed E-state index contributed by atoms with van der Waals surface area (Å²) in [6.07, 6.45) is 24.0. The highest BCUT2D eigenvalue weighted by Gasteiger charge is 1.99. The molecule has 0 radical (unpaired) electrons. The molecule has 0 atom stereocenters. The van der Waals surface area contributed by atoms with E-state index in [1.807, 2.05) is 6.92 Å². The Bertz CT molecular complexity index is 355. The zero-order valence-corrected chi connectivity index (χ0v) is 20.5. The quantitative estimate of drug-likeness (QED) is 0.147. The summed E-state index contributed by atoms with van der Waals surface area (Å²) in [5.74, 6) is -0.712. The summed E-state index contributed by atoms with van der Waals surface area (Å²) >= 11 is 0. The standard InChI is InChI=1S/C18H36O2.C8H16O2/c1-2-3-4-5-6-7-8-9-10-11-12-13-14-15-16-17-18(19)20;1-3-5-6-7-8(9)10-4-2/h2-17H2,1H3,(H,19,20);3-7H2,1-2H3. The van der Waals surface area contributed by atoms with E-state index in [1.165, 1.54) is 83.5 Å². The molecule has 180 valence electrons. The summed E-state index contributed by atoms with van der Waals surface area (Å²) in [6.45, 7) is 6.72. The Hall–Kier alpha value is -1.06. The van der Waals surface area contributed by atoms with Crippen LogP contribution in [0.1, 0.15) is 149 Å². The molecule has 0 aliphatic carbocycles. The van der Waals surface area contributed by atoms with Crippen molar-refractivity contribution in [3.8, 4) is 0 Å². The minimum absolute atomic E-state index is 0.0593. The maximum Gasteiger partial charge on any atom is 0.305 e. The first kappa shape index (κ1) is 31.1. The van der Waals surface area contributed by atoms with Crippen molar-refractivity contribution in [1.82, 2.24) is 0 Å². The first-order valence-corrected chi connectivity index (χ1v) is 13.0. The number of esters is 1. The van der Waals surface area contributed by atoms with Crippen LogP contribution in [0, 0.1) is 0 Å². The van der Waals surface area contributed by atoms with Gasteiger partial charge in [-0.15, -0.1) is 0 Å². The zero-order chi connectivity index (χ0) is 22.7. The molecule has 0 aliphatic heterocycles. The van der Waals surface area contributed by atoms with Crippen LogP contribution in [0.5, 0.6) is 0 Å². The van der Waals surface area contributed by atoms with E-state index in [2.05, 4.69) is 13.8 Å². The van der Waals surface area contributed by atoms with Crippen molar-refractivity contribution in [3.63, 3.8) is 0 Å². The van der Waals surface area contributed by atoms with Gasteiger partial charge in [0.15, 0.2) is 0 Å². The first-order valence-electron chi connectivity index (χ1n) is 13.0. The van der Waals surface area contributed by atoms with E-state index < -0.39 is 5.97 Å². The monoisotopic (exact) mass is 428 g/mol. The molecule has 4 heteroatoms. The second kappa shape index (κ2) is 27.9. The smallest absolute Gasteiger partial charge is 0.305 e. The molecule has 0 amide bonds. The van der Waals surface area contributed by atoms with Crippen molar-refractivity contribution in [3.05, 3.63) is 0 Å². The molecule has 0 aromatic rings. The maximum atomic E-state index is 10.7. The maximum absolute atomic E-state index is 10.7. The average molecular weight is 429 g/mol. The number of hydrogen-bond donors (Lipinski definition) is 1. The van der Waals surface area contributed by atoms with Crippen LogP contribution in [0.25, 0.3) is 0 Å². The summed E-state index contributed by atoms with van der Waals surface area (Å²) in [6, 6.07) is 0. The van der Waals surface area contributed by atoms with Crippen LogP contribution in [0.15, 0.2) is 0 Å². The van der Waals surface area contributed by atoms with E-state index in [4.69, 9.17) is 9.84 Å². The van der Waals surface area contributed by atoms with Crippen molar-refractivity contribution in [1.29, 1.82) is 0 Å². The summed E-state index contributed by atoms with van der Waals surface area (Å²) in [5, 5.41) is 8.52. The van der Waals surface area contributed by atoms with Gasteiger partial charge in [0.05, 0.1) is 6.61 Å². The molecule has 4 nitrogen and oxygen atoms in total. The van der Waals surface area contributed by atoms with Crippen LogP contribution >= 0.6 is 0 Å². The summed E-state index contributed by atoms with van der Waals surface area (Å²) in [4.78, 5) is 21.0. The number of carboxylic acids is 1. The number of ether oxygens (including phenoxy) is 1. The lowest BCUT2D eigenvalue weighted by Crippen LogP contribution is -2.02. The van der Waals surface area contributed by atoms with E-state index in [0.29, 0.717) is 19.4 Å². The molecule has 0 heterocycles. The van der Waals surface area contributed by atoms with Crippen LogP contribution < -0.4 is 0 Å². The van der Waals surface area contributed by atoms with Gasteiger partial charge in [-0.05, 0) is 19.8 Å². The third-order valence-electron chi connectivity index (χ3n) is 5.28. The lowest BCUT2D eigenvalue weighted by molar-refractivity contribution is -0.143. The van der Waals surface area contributed by atoms with E-state index in [1.54, 1.807) is 0 Å². The Morgan fingerprint density at radius 3 is 1.23 bits per heavy atom. The molecule has 0 rings (SSSR count). The van der Waals surface area contributed by atoms with Crippen LogP contribution in [-0.4, -0.2) is 23.7 Å². The predicted molar refractivity (Wildman–Crippen MR) is 128 cm³/mol. The summed E-state index contributed by atoms with van der Waals surface area (Å²) in [5.41, 5.74) is 0. The number of carbonyl (C=O) groups is 2. The molecule has 0 unspecified atom stereocenters. The Morgan fingerprint density at radius 1 is 0.533 bits per heavy atom. The van der Waals surface area contributed by atoms with Gasteiger partial charge in [-0.25, -0.2) is 0 Å². The zero-order valence-electron chi connectivity index (χ0n) is 20.5. The SMILES string of the molecule is CCCCCC(=O)OCC.CCCCCCCCCCCCCCCCCC(=O)O. The summed E-state index contributed by atoms with van der Waals surface area (Å²) in [7, 11) is 0. The normalized spacial score (nSPS) is 10.4. The third-order valence-corrected chi connectivity index (χ3v) is 5.28. The number of rotatable bonds is 21. The highest BCUT2D eigenvalue weighted by atomic mass is 16.5. The van der Waals surface area contributed by atoms with Gasteiger partial charge in [0, 0.05) is 12.8 Å². The van der Waals surface area contributed by atoms with Crippen molar-refractivity contribution >= 4 is 11.9 Å². The minimum atomic E-state index is -0.653. The highest BCUT2D eigenvalue weighted by Crippen LogP contribution is 2.13. The van der Waals surface area contributed by atoms with Crippen LogP contribution in [0.2, 0.25) is 0 Å². The number of unbranched alkanes of at least 4 members (excludes halogenated alkanes) is 16.